The minimum atomic E-state index is -0.828. The maximum atomic E-state index is 11.8. The van der Waals surface area contributed by atoms with E-state index >= 15 is 0 Å². The van der Waals surface area contributed by atoms with Crippen molar-refractivity contribution in [1.82, 2.24) is 10.7 Å². The molecule has 2 aromatic rings. The van der Waals surface area contributed by atoms with E-state index in [1.165, 1.54) is 6.21 Å². The molecule has 29 heavy (non-hydrogen) atoms. The van der Waals surface area contributed by atoms with Crippen LogP contribution in [0.25, 0.3) is 0 Å². The molecule has 0 aromatic heterocycles. The number of carbonyl (C=O) groups is 2. The minimum Gasteiger partial charge on any atom is -0.490 e. The van der Waals surface area contributed by atoms with Gasteiger partial charge in [-0.25, -0.2) is 5.43 Å². The molecule has 0 aliphatic heterocycles. The molecule has 0 unspecified atom stereocenters. The first kappa shape index (κ1) is 21.7. The zero-order chi connectivity index (χ0) is 20.9. The Labute approximate surface area is 170 Å². The normalized spacial score (nSPS) is 10.4. The summed E-state index contributed by atoms with van der Waals surface area (Å²) >= 11 is 0. The van der Waals surface area contributed by atoms with Gasteiger partial charge in [-0.05, 0) is 42.7 Å². The fraction of sp³-hybridized carbons (Fsp3) is 0.227. The van der Waals surface area contributed by atoms with Gasteiger partial charge in [0.2, 0.25) is 0 Å². The predicted molar refractivity (Wildman–Crippen MR) is 112 cm³/mol. The number of hydrogen-bond donors (Lipinski definition) is 2. The molecule has 7 heteroatoms. The van der Waals surface area contributed by atoms with Crippen molar-refractivity contribution in [2.75, 3.05) is 19.8 Å². The van der Waals surface area contributed by atoms with Gasteiger partial charge in [0.05, 0.1) is 12.8 Å². The topological polar surface area (TPSA) is 89.0 Å². The van der Waals surface area contributed by atoms with Crippen LogP contribution in [-0.4, -0.2) is 37.8 Å². The van der Waals surface area contributed by atoms with Gasteiger partial charge in [-0.15, -0.1) is 0 Å². The van der Waals surface area contributed by atoms with Crippen molar-refractivity contribution in [2.45, 2.75) is 13.3 Å². The Kier molecular flexibility index (Phi) is 8.95. The van der Waals surface area contributed by atoms with Crippen LogP contribution in [0, 0.1) is 0 Å². The van der Waals surface area contributed by atoms with Crippen LogP contribution in [-0.2, 0) is 16.0 Å². The highest BCUT2D eigenvalue weighted by molar-refractivity contribution is 6.35. The van der Waals surface area contributed by atoms with Gasteiger partial charge in [-0.2, -0.15) is 5.10 Å². The molecule has 0 fully saturated rings. The second kappa shape index (κ2) is 12.0. The van der Waals surface area contributed by atoms with Crippen LogP contribution in [0.3, 0.4) is 0 Å². The molecule has 2 amide bonds. The quantitative estimate of drug-likeness (QED) is 0.280. The van der Waals surface area contributed by atoms with E-state index in [-0.39, 0.29) is 0 Å². The number of nitrogens with one attached hydrogen (secondary N) is 2. The summed E-state index contributed by atoms with van der Waals surface area (Å²) in [6, 6.07) is 14.9. The summed E-state index contributed by atoms with van der Waals surface area (Å²) < 4.78 is 11.1. The molecule has 0 atom stereocenters. The summed E-state index contributed by atoms with van der Waals surface area (Å²) in [5.74, 6) is -0.416. The third-order valence-electron chi connectivity index (χ3n) is 3.75. The molecule has 152 valence electrons. The van der Waals surface area contributed by atoms with Crippen LogP contribution in [0.5, 0.6) is 11.5 Å². The van der Waals surface area contributed by atoms with Crippen molar-refractivity contribution >= 4 is 18.0 Å². The highest BCUT2D eigenvalue weighted by atomic mass is 16.5. The smallest absolute Gasteiger partial charge is 0.329 e. The molecule has 2 N–H and O–H groups in total. The second-order valence-electron chi connectivity index (χ2n) is 5.93. The lowest BCUT2D eigenvalue weighted by molar-refractivity contribution is -0.139. The lowest BCUT2D eigenvalue weighted by Gasteiger charge is -2.11. The third kappa shape index (κ3) is 7.50. The fourth-order valence-electron chi connectivity index (χ4n) is 2.40. The molecule has 7 nitrogen and oxygen atoms in total. The molecule has 0 spiro atoms. The summed E-state index contributed by atoms with van der Waals surface area (Å²) in [7, 11) is 0. The van der Waals surface area contributed by atoms with E-state index in [9.17, 15) is 9.59 Å². The molecule has 0 aliphatic rings. The van der Waals surface area contributed by atoms with Crippen molar-refractivity contribution in [3.8, 4) is 11.5 Å². The number of nitrogens with zero attached hydrogens (tertiary/aromatic N) is 1. The van der Waals surface area contributed by atoms with Crippen LogP contribution in [0.2, 0.25) is 0 Å². The van der Waals surface area contributed by atoms with Crippen LogP contribution in [0.15, 0.2) is 66.3 Å². The Morgan fingerprint density at radius 1 is 1.07 bits per heavy atom. The zero-order valence-corrected chi connectivity index (χ0v) is 16.4. The van der Waals surface area contributed by atoms with Crippen LogP contribution in [0.1, 0.15) is 18.1 Å². The molecule has 0 heterocycles. The number of rotatable bonds is 10. The predicted octanol–water partition coefficient (Wildman–Crippen LogP) is 2.46. The van der Waals surface area contributed by atoms with E-state index in [4.69, 9.17) is 9.47 Å². The average molecular weight is 395 g/mol. The van der Waals surface area contributed by atoms with Gasteiger partial charge in [0.1, 0.15) is 6.61 Å². The molecule has 2 rings (SSSR count). The van der Waals surface area contributed by atoms with Gasteiger partial charge >= 0.3 is 11.8 Å². The Bertz CT molecular complexity index is 850. The molecule has 0 saturated carbocycles. The van der Waals surface area contributed by atoms with Crippen LogP contribution >= 0.6 is 0 Å². The first-order valence-electron chi connectivity index (χ1n) is 9.29. The maximum Gasteiger partial charge on any atom is 0.329 e. The summed E-state index contributed by atoms with van der Waals surface area (Å²) in [6.07, 6.45) is 3.71. The number of amides is 2. The number of carbonyl (C=O) groups excluding carboxylic acids is 2. The first-order valence-corrected chi connectivity index (χ1v) is 9.29. The molecule has 0 saturated heterocycles. The summed E-state index contributed by atoms with van der Waals surface area (Å²) in [5, 5.41) is 6.39. The van der Waals surface area contributed by atoms with Crippen molar-refractivity contribution < 1.29 is 19.1 Å². The highest BCUT2D eigenvalue weighted by Crippen LogP contribution is 2.28. The monoisotopic (exact) mass is 395 g/mol. The molecular weight excluding hydrogens is 370 g/mol. The Morgan fingerprint density at radius 3 is 2.59 bits per heavy atom. The molecular formula is C22H25N3O4. The van der Waals surface area contributed by atoms with E-state index in [2.05, 4.69) is 22.4 Å². The van der Waals surface area contributed by atoms with Gasteiger partial charge in [-0.3, -0.25) is 9.59 Å². The zero-order valence-electron chi connectivity index (χ0n) is 16.4. The van der Waals surface area contributed by atoms with Crippen LogP contribution < -0.4 is 20.2 Å². The fourth-order valence-corrected chi connectivity index (χ4v) is 2.40. The Balaban J connectivity index is 1.84. The van der Waals surface area contributed by atoms with Crippen molar-refractivity contribution in [1.29, 1.82) is 0 Å². The average Bonchev–Trinajstić information content (AvgIpc) is 2.74. The number of ether oxygens (including phenoxy) is 2. The summed E-state index contributed by atoms with van der Waals surface area (Å²) in [4.78, 5) is 23.6. The molecule has 0 aliphatic carbocycles. The van der Waals surface area contributed by atoms with Crippen molar-refractivity contribution in [3.05, 3.63) is 72.3 Å². The lowest BCUT2D eigenvalue weighted by atomic mass is 10.1. The van der Waals surface area contributed by atoms with Gasteiger partial charge in [0.15, 0.2) is 11.5 Å². The van der Waals surface area contributed by atoms with E-state index in [0.717, 1.165) is 5.56 Å². The minimum absolute atomic E-state index is 0.364. The number of benzene rings is 2. The Hall–Kier alpha value is -3.61. The largest absolute Gasteiger partial charge is 0.490 e. The highest BCUT2D eigenvalue weighted by Gasteiger charge is 2.11. The van der Waals surface area contributed by atoms with E-state index in [1.54, 1.807) is 24.3 Å². The summed E-state index contributed by atoms with van der Waals surface area (Å²) in [5.41, 5.74) is 3.98. The van der Waals surface area contributed by atoms with Crippen molar-refractivity contribution in [2.24, 2.45) is 5.10 Å². The van der Waals surface area contributed by atoms with Gasteiger partial charge in [-0.1, -0.05) is 43.0 Å². The molecule has 2 aromatic carbocycles. The molecule has 0 radical (unpaired) electrons. The van der Waals surface area contributed by atoms with Crippen LogP contribution in [0.4, 0.5) is 0 Å². The van der Waals surface area contributed by atoms with E-state index in [1.807, 2.05) is 37.3 Å². The standard InChI is InChI=1S/C22H25N3O4/c1-3-14-29-19-11-10-18(15-20(19)28-4-2)16-24-25-22(27)21(26)23-13-12-17-8-6-5-7-9-17/h3,5-11,15-16H,1,4,12-14H2,2H3,(H,23,26)(H,25,27). The lowest BCUT2D eigenvalue weighted by Crippen LogP contribution is -2.38. The van der Waals surface area contributed by atoms with Gasteiger partial charge in [0.25, 0.3) is 0 Å². The second-order valence-corrected chi connectivity index (χ2v) is 5.93. The van der Waals surface area contributed by atoms with Gasteiger partial charge < -0.3 is 14.8 Å². The third-order valence-corrected chi connectivity index (χ3v) is 3.75. The maximum absolute atomic E-state index is 11.8. The SMILES string of the molecule is C=CCOc1ccc(C=NNC(=O)C(=O)NCCc2ccccc2)cc1OCC. The van der Waals surface area contributed by atoms with E-state index < -0.39 is 11.8 Å². The Morgan fingerprint density at radius 2 is 1.86 bits per heavy atom. The first-order chi connectivity index (χ1) is 14.1. The summed E-state index contributed by atoms with van der Waals surface area (Å²) in [6.45, 7) is 6.69. The number of hydrogen-bond acceptors (Lipinski definition) is 5. The molecule has 0 bridgehead atoms. The van der Waals surface area contributed by atoms with E-state index in [0.29, 0.717) is 43.2 Å². The van der Waals surface area contributed by atoms with Gasteiger partial charge in [0, 0.05) is 6.54 Å². The number of hydrazone groups is 1. The van der Waals surface area contributed by atoms with Crippen molar-refractivity contribution in [3.63, 3.8) is 0 Å².